The van der Waals surface area contributed by atoms with Crippen LogP contribution in [0.5, 0.6) is 5.88 Å². The van der Waals surface area contributed by atoms with Crippen LogP contribution in [0, 0.1) is 0 Å². The highest BCUT2D eigenvalue weighted by molar-refractivity contribution is 6.32. The number of carbonyl (C=O) groups is 2. The number of rotatable bonds is 8. The third-order valence-corrected chi connectivity index (χ3v) is 4.93. The van der Waals surface area contributed by atoms with Gasteiger partial charge in [0.05, 0.1) is 35.3 Å². The first-order valence-corrected chi connectivity index (χ1v) is 10.2. The van der Waals surface area contributed by atoms with Gasteiger partial charge in [-0.05, 0) is 36.8 Å². The molecule has 1 aromatic heterocycles. The van der Waals surface area contributed by atoms with Crippen molar-refractivity contribution in [2.75, 3.05) is 6.61 Å². The number of hydrogen-bond acceptors (Lipinski definition) is 4. The van der Waals surface area contributed by atoms with Gasteiger partial charge in [-0.2, -0.15) is 23.0 Å². The quantitative estimate of drug-likeness (QED) is 0.478. The zero-order chi connectivity index (χ0) is 24.2. The molecule has 0 spiro atoms. The number of nitrogens with one attached hydrogen (secondary N) is 1. The Labute approximate surface area is 191 Å². The Morgan fingerprint density at radius 1 is 1.18 bits per heavy atom. The van der Waals surface area contributed by atoms with Crippen molar-refractivity contribution in [3.8, 4) is 11.6 Å². The molecule has 0 saturated heterocycles. The number of hydrogen-bond donors (Lipinski definition) is 2. The van der Waals surface area contributed by atoms with Crippen LogP contribution in [0.15, 0.2) is 54.6 Å². The molecule has 3 rings (SSSR count). The first-order valence-electron chi connectivity index (χ1n) is 9.77. The van der Waals surface area contributed by atoms with E-state index in [9.17, 15) is 27.9 Å². The lowest BCUT2D eigenvalue weighted by molar-refractivity contribution is -0.138. The molecule has 2 N–H and O–H groups in total. The molecule has 0 unspecified atom stereocenters. The zero-order valence-electron chi connectivity index (χ0n) is 17.3. The van der Waals surface area contributed by atoms with Gasteiger partial charge in [0.1, 0.15) is 0 Å². The summed E-state index contributed by atoms with van der Waals surface area (Å²) >= 11 is 6.22. The number of para-hydroxylation sites is 1. The maximum atomic E-state index is 12.9. The van der Waals surface area contributed by atoms with Gasteiger partial charge in [0.15, 0.2) is 5.69 Å². The van der Waals surface area contributed by atoms with Crippen molar-refractivity contribution in [1.29, 1.82) is 0 Å². The maximum absolute atomic E-state index is 12.9. The van der Waals surface area contributed by atoms with E-state index in [2.05, 4.69) is 10.4 Å². The Morgan fingerprint density at radius 3 is 2.42 bits per heavy atom. The minimum atomic E-state index is -4.54. The van der Waals surface area contributed by atoms with Gasteiger partial charge >= 0.3 is 12.1 Å². The van der Waals surface area contributed by atoms with Crippen LogP contribution in [-0.4, -0.2) is 33.4 Å². The summed E-state index contributed by atoms with van der Waals surface area (Å²) in [6.07, 6.45) is -5.08. The number of benzene rings is 2. The smallest absolute Gasteiger partial charge is 0.416 e. The van der Waals surface area contributed by atoms with Gasteiger partial charge in [-0.1, -0.05) is 35.9 Å². The van der Waals surface area contributed by atoms with Crippen molar-refractivity contribution in [2.24, 2.45) is 0 Å². The molecular weight excluding hydrogens is 463 g/mol. The first-order chi connectivity index (χ1) is 15.6. The van der Waals surface area contributed by atoms with Crippen LogP contribution in [0.4, 0.5) is 13.2 Å². The molecule has 7 nitrogen and oxygen atoms in total. The molecule has 174 valence electrons. The van der Waals surface area contributed by atoms with Crippen molar-refractivity contribution >= 4 is 23.5 Å². The van der Waals surface area contributed by atoms with Gasteiger partial charge in [0.2, 0.25) is 5.88 Å². The van der Waals surface area contributed by atoms with Gasteiger partial charge in [-0.3, -0.25) is 9.59 Å². The van der Waals surface area contributed by atoms with Crippen LogP contribution in [-0.2, 0) is 11.0 Å². The maximum Gasteiger partial charge on any atom is 0.416 e. The molecule has 0 fully saturated rings. The molecule has 0 radical (unpaired) electrons. The van der Waals surface area contributed by atoms with E-state index >= 15 is 0 Å². The van der Waals surface area contributed by atoms with Crippen LogP contribution in [0.3, 0.4) is 0 Å². The molecule has 0 saturated carbocycles. The van der Waals surface area contributed by atoms with Crippen LogP contribution in [0.25, 0.3) is 5.69 Å². The van der Waals surface area contributed by atoms with Gasteiger partial charge < -0.3 is 15.2 Å². The molecule has 0 aliphatic heterocycles. The molecule has 3 aromatic rings. The topological polar surface area (TPSA) is 93.4 Å². The van der Waals surface area contributed by atoms with E-state index < -0.39 is 36.1 Å². The summed E-state index contributed by atoms with van der Waals surface area (Å²) in [5, 5.41) is 16.3. The number of alkyl halides is 3. The molecule has 1 atom stereocenters. The van der Waals surface area contributed by atoms with Crippen LogP contribution < -0.4 is 10.1 Å². The molecule has 1 heterocycles. The second-order valence-electron chi connectivity index (χ2n) is 6.91. The molecule has 33 heavy (non-hydrogen) atoms. The molecule has 0 aliphatic carbocycles. The Hall–Kier alpha value is -3.53. The molecule has 11 heteroatoms. The summed E-state index contributed by atoms with van der Waals surface area (Å²) in [4.78, 5) is 24.2. The van der Waals surface area contributed by atoms with E-state index in [0.29, 0.717) is 10.7 Å². The fraction of sp³-hybridized carbons (Fsp3) is 0.227. The number of ether oxygens (including phenoxy) is 1. The molecule has 0 aliphatic rings. The number of carboxylic acids is 1. The summed E-state index contributed by atoms with van der Waals surface area (Å²) in [5.41, 5.74) is -0.298. The average molecular weight is 482 g/mol. The van der Waals surface area contributed by atoms with E-state index in [1.165, 1.54) is 10.7 Å². The average Bonchev–Trinajstić information content (AvgIpc) is 3.17. The predicted octanol–water partition coefficient (Wildman–Crippen LogP) is 4.89. The number of amides is 1. The lowest BCUT2D eigenvalue weighted by Gasteiger charge is -2.17. The van der Waals surface area contributed by atoms with Crippen molar-refractivity contribution < 1.29 is 32.6 Å². The second kappa shape index (κ2) is 9.95. The van der Waals surface area contributed by atoms with E-state index in [1.54, 1.807) is 31.2 Å². The number of halogens is 4. The standard InChI is InChI=1S/C22H19ClF3N3O4/c1-2-33-19-11-17(28-29(19)18-6-4-3-5-15(18)23)21(32)27-16(12-20(30)31)13-7-9-14(10-8-13)22(24,25)26/h3-11,16H,2,12H2,1H3,(H,27,32)(H,30,31)/t16-/m0/s1. The van der Waals surface area contributed by atoms with Gasteiger partial charge in [0, 0.05) is 6.07 Å². The second-order valence-corrected chi connectivity index (χ2v) is 7.31. The van der Waals surface area contributed by atoms with E-state index in [1.807, 2.05) is 0 Å². The SMILES string of the molecule is CCOc1cc(C(=O)N[C@@H](CC(=O)O)c2ccc(C(F)(F)F)cc2)nn1-c1ccccc1Cl. The number of carbonyl (C=O) groups excluding carboxylic acids is 1. The molecule has 0 bridgehead atoms. The summed E-state index contributed by atoms with van der Waals surface area (Å²) in [6, 6.07) is 11.0. The predicted molar refractivity (Wildman–Crippen MR) is 114 cm³/mol. The first kappa shape index (κ1) is 24.1. The van der Waals surface area contributed by atoms with Crippen molar-refractivity contribution in [3.63, 3.8) is 0 Å². The van der Waals surface area contributed by atoms with Crippen LogP contribution >= 0.6 is 11.6 Å². The monoisotopic (exact) mass is 481 g/mol. The van der Waals surface area contributed by atoms with Crippen LogP contribution in [0.1, 0.15) is 41.0 Å². The normalized spacial score (nSPS) is 12.3. The Morgan fingerprint density at radius 2 is 1.85 bits per heavy atom. The Bertz CT molecular complexity index is 1150. The number of aliphatic carboxylic acids is 1. The van der Waals surface area contributed by atoms with E-state index in [-0.39, 0.29) is 23.7 Å². The lowest BCUT2D eigenvalue weighted by atomic mass is 10.0. The minimum Gasteiger partial charge on any atom is -0.481 e. The summed E-state index contributed by atoms with van der Waals surface area (Å²) in [6.45, 7) is 2.03. The minimum absolute atomic E-state index is 0.0827. The van der Waals surface area contributed by atoms with E-state index in [4.69, 9.17) is 16.3 Å². The molecular formula is C22H19ClF3N3O4. The number of carboxylic acid groups (broad SMARTS) is 1. The Kier molecular flexibility index (Phi) is 7.27. The largest absolute Gasteiger partial charge is 0.481 e. The van der Waals surface area contributed by atoms with Crippen LogP contribution in [0.2, 0.25) is 5.02 Å². The number of aromatic nitrogens is 2. The fourth-order valence-corrected chi connectivity index (χ4v) is 3.30. The highest BCUT2D eigenvalue weighted by Gasteiger charge is 2.31. The van der Waals surface area contributed by atoms with Gasteiger partial charge in [-0.15, -0.1) is 0 Å². The summed E-state index contributed by atoms with van der Waals surface area (Å²) < 4.78 is 45.4. The summed E-state index contributed by atoms with van der Waals surface area (Å²) in [5.74, 6) is -1.73. The molecule has 2 aromatic carbocycles. The highest BCUT2D eigenvalue weighted by Crippen LogP contribution is 2.31. The zero-order valence-corrected chi connectivity index (χ0v) is 18.0. The summed E-state index contributed by atoms with van der Waals surface area (Å²) in [7, 11) is 0. The van der Waals surface area contributed by atoms with Gasteiger partial charge in [0.25, 0.3) is 5.91 Å². The van der Waals surface area contributed by atoms with Gasteiger partial charge in [-0.25, -0.2) is 0 Å². The highest BCUT2D eigenvalue weighted by atomic mass is 35.5. The Balaban J connectivity index is 1.90. The van der Waals surface area contributed by atoms with Crippen molar-refractivity contribution in [2.45, 2.75) is 25.6 Å². The fourth-order valence-electron chi connectivity index (χ4n) is 3.09. The number of nitrogens with zero attached hydrogens (tertiary/aromatic N) is 2. The third kappa shape index (κ3) is 5.83. The lowest BCUT2D eigenvalue weighted by Crippen LogP contribution is -2.30. The third-order valence-electron chi connectivity index (χ3n) is 4.61. The van der Waals surface area contributed by atoms with Crippen molar-refractivity contribution in [3.05, 3.63) is 76.4 Å². The van der Waals surface area contributed by atoms with Crippen molar-refractivity contribution in [1.82, 2.24) is 15.1 Å². The van der Waals surface area contributed by atoms with E-state index in [0.717, 1.165) is 24.3 Å². The molecule has 1 amide bonds.